The predicted molar refractivity (Wildman–Crippen MR) is 309 cm³/mol. The maximum Gasteiger partial charge on any atom is 0.319 e. The molecule has 23 heteroatoms. The Morgan fingerprint density at radius 3 is 2.05 bits per heavy atom. The maximum atomic E-state index is 17.7. The number of fused-ring (bicyclic) bond motifs is 6. The Kier molecular flexibility index (Phi) is 14.3. The number of nitrogens with one attached hydrogen (secondary N) is 2. The number of amides is 2. The third kappa shape index (κ3) is 9.82. The highest BCUT2D eigenvalue weighted by atomic mass is 19.1. The lowest BCUT2D eigenvalue weighted by Crippen LogP contribution is -2.51. The number of carbonyl (C=O) groups excluding carboxylic acids is 2. The number of carbonyl (C=O) groups is 2. The molecule has 0 spiro atoms. The molecule has 2 amide bonds. The third-order valence-corrected chi connectivity index (χ3v) is 18.6. The van der Waals surface area contributed by atoms with Crippen LogP contribution in [-0.4, -0.2) is 146 Å². The van der Waals surface area contributed by atoms with E-state index in [1.54, 1.807) is 53.4 Å². The van der Waals surface area contributed by atoms with Gasteiger partial charge < -0.3 is 40.2 Å². The van der Waals surface area contributed by atoms with Gasteiger partial charge in [0.05, 0.1) is 47.7 Å². The van der Waals surface area contributed by atoms with E-state index in [1.807, 2.05) is 11.0 Å². The molecule has 4 atom stereocenters. The summed E-state index contributed by atoms with van der Waals surface area (Å²) in [6.07, 6.45) is 9.78. The Morgan fingerprint density at radius 2 is 1.33 bits per heavy atom. The fourth-order valence-corrected chi connectivity index (χ4v) is 14.6. The van der Waals surface area contributed by atoms with Crippen LogP contribution >= 0.6 is 0 Å². The Balaban J connectivity index is 0.800. The first-order valence-electron chi connectivity index (χ1n) is 29.3. The number of aromatic nitrogens is 6. The number of aliphatic hydroxyl groups excluding tert-OH is 1. The van der Waals surface area contributed by atoms with E-state index in [0.29, 0.717) is 73.9 Å². The van der Waals surface area contributed by atoms with Crippen molar-refractivity contribution in [3.8, 4) is 34.5 Å². The summed E-state index contributed by atoms with van der Waals surface area (Å²) in [4.78, 5) is 62.5. The van der Waals surface area contributed by atoms with E-state index in [0.717, 1.165) is 57.2 Å². The molecule has 10 heterocycles. The zero-order valence-corrected chi connectivity index (χ0v) is 46.6. The Labute approximate surface area is 485 Å². The average Bonchev–Trinajstić information content (AvgIpc) is 3.33. The molecule has 6 fully saturated rings. The van der Waals surface area contributed by atoms with Crippen molar-refractivity contribution in [1.82, 2.24) is 50.3 Å². The number of rotatable bonds is 12. The molecule has 85 heavy (non-hydrogen) atoms. The van der Waals surface area contributed by atoms with Crippen molar-refractivity contribution >= 4 is 66.8 Å². The van der Waals surface area contributed by atoms with Gasteiger partial charge in [-0.05, 0) is 112 Å². The van der Waals surface area contributed by atoms with E-state index < -0.39 is 52.9 Å². The van der Waals surface area contributed by atoms with E-state index in [-0.39, 0.29) is 112 Å². The summed E-state index contributed by atoms with van der Waals surface area (Å²) in [5.74, 6) is -3.59. The van der Waals surface area contributed by atoms with Crippen LogP contribution in [0.4, 0.5) is 29.2 Å². The van der Waals surface area contributed by atoms with Crippen molar-refractivity contribution in [2.75, 3.05) is 82.2 Å². The number of nitrogens with zero attached hydrogens (tertiary/aromatic N) is 10. The van der Waals surface area contributed by atoms with Crippen LogP contribution in [0, 0.1) is 29.2 Å². The minimum atomic E-state index is -1.39. The van der Waals surface area contributed by atoms with Crippen molar-refractivity contribution < 1.29 is 46.5 Å². The number of piperidine rings is 1. The van der Waals surface area contributed by atoms with Crippen LogP contribution in [0.25, 0.3) is 65.9 Å². The van der Waals surface area contributed by atoms with E-state index in [2.05, 4.69) is 30.4 Å². The number of ether oxygens (including phenoxy) is 3. The molecular formula is C62H63F4N13O6. The topological polar surface area (TPSA) is 222 Å². The Morgan fingerprint density at radius 1 is 0.694 bits per heavy atom. The molecule has 440 valence electrons. The maximum absolute atomic E-state index is 17.7. The number of nitrogens with two attached hydrogens (primary N) is 1. The van der Waals surface area contributed by atoms with Gasteiger partial charge in [-0.25, -0.2) is 17.6 Å². The largest absolute Gasteiger partial charge is 0.461 e. The average molecular weight is 1160 g/mol. The van der Waals surface area contributed by atoms with E-state index in [4.69, 9.17) is 39.9 Å². The molecule has 19 nitrogen and oxygen atoms in total. The molecule has 0 bridgehead atoms. The highest BCUT2D eigenvalue weighted by molar-refractivity contribution is 6.02. The molecular weight excluding hydrogens is 1100 g/mol. The van der Waals surface area contributed by atoms with Crippen molar-refractivity contribution in [1.29, 1.82) is 0 Å². The van der Waals surface area contributed by atoms with E-state index >= 15 is 17.6 Å². The van der Waals surface area contributed by atoms with Crippen LogP contribution < -0.4 is 35.6 Å². The second-order valence-electron chi connectivity index (χ2n) is 23.4. The lowest BCUT2D eigenvalue weighted by atomic mass is 9.92. The number of hydrogen-bond donors (Lipinski definition) is 4. The van der Waals surface area contributed by atoms with Gasteiger partial charge in [-0.3, -0.25) is 34.7 Å². The van der Waals surface area contributed by atoms with Gasteiger partial charge in [0.15, 0.2) is 18.0 Å². The fraction of sp³-hybridized carbons (Fsp3) is 0.419. The van der Waals surface area contributed by atoms with Gasteiger partial charge in [-0.15, -0.1) is 0 Å². The van der Waals surface area contributed by atoms with Crippen LogP contribution in [0.2, 0.25) is 0 Å². The number of halogens is 4. The van der Waals surface area contributed by atoms with Gasteiger partial charge in [0, 0.05) is 60.0 Å². The fourth-order valence-electron chi connectivity index (χ4n) is 14.6. The SMILES string of the molecule is NC(=O)[C@H]1CCCN(c2nc(OCC34CCCN3CCC4)nc3c(F)c(-c4cccc5c(C6CCC7(COc8nc(N9CCOCNC(O)NC(=O)C9)c9cnc(-c%10cccc%11cccc(F)c%10%11)c(F)c9n8)CCCN67)ccc(F)c45)ncc23)C1. The predicted octanol–water partition coefficient (Wildman–Crippen LogP) is 7.79. The quantitative estimate of drug-likeness (QED) is 0.0857. The molecule has 8 aromatic rings. The molecule has 0 saturated carbocycles. The van der Waals surface area contributed by atoms with Crippen molar-refractivity contribution in [3.05, 3.63) is 108 Å². The van der Waals surface area contributed by atoms with Crippen LogP contribution in [0.5, 0.6) is 12.0 Å². The summed E-state index contributed by atoms with van der Waals surface area (Å²) in [6.45, 7) is 3.76. The van der Waals surface area contributed by atoms with Crippen LogP contribution in [0.15, 0.2) is 79.1 Å². The van der Waals surface area contributed by atoms with E-state index in [1.165, 1.54) is 24.5 Å². The molecule has 4 aromatic heterocycles. The molecule has 5 N–H and O–H groups in total. The minimum absolute atomic E-state index is 0.0154. The molecule has 14 rings (SSSR count). The lowest BCUT2D eigenvalue weighted by molar-refractivity contribution is -0.124. The smallest absolute Gasteiger partial charge is 0.319 e. The van der Waals surface area contributed by atoms with Gasteiger partial charge in [0.25, 0.3) is 0 Å². The summed E-state index contributed by atoms with van der Waals surface area (Å²) < 4.78 is 86.2. The first-order chi connectivity index (χ1) is 41.3. The van der Waals surface area contributed by atoms with Gasteiger partial charge in [-0.2, -0.15) is 19.9 Å². The highest BCUT2D eigenvalue weighted by Gasteiger charge is 2.51. The minimum Gasteiger partial charge on any atom is -0.461 e. The van der Waals surface area contributed by atoms with Crippen LogP contribution in [0.1, 0.15) is 75.8 Å². The van der Waals surface area contributed by atoms with Gasteiger partial charge in [0.2, 0.25) is 11.8 Å². The normalized spacial score (nSPS) is 23.0. The Bertz CT molecular complexity index is 3960. The summed E-state index contributed by atoms with van der Waals surface area (Å²) in [5, 5.41) is 17.5. The lowest BCUT2D eigenvalue weighted by Gasteiger charge is -2.35. The molecule has 3 unspecified atom stereocenters. The summed E-state index contributed by atoms with van der Waals surface area (Å²) >= 11 is 0. The third-order valence-electron chi connectivity index (χ3n) is 18.6. The molecule has 0 aliphatic carbocycles. The first kappa shape index (κ1) is 54.9. The van der Waals surface area contributed by atoms with Crippen molar-refractivity contribution in [2.24, 2.45) is 11.7 Å². The standard InChI is InChI=1S/C62H63F4N13O6/c63-43-14-2-9-35-8-1-12-39(47(35)43)51-49(65)54-42(29-68-51)57(77-26-27-83-34-70-58(82)71-46(80)31-77)75-60(73-54)85-33-62-20-7-25-79(62)45(17-21-62)37-15-16-44(64)48-38(37)11-3-13-40(48)52-50(66)53-41(28-69-52)56(76-22-4-10-36(30-76)55(67)81)74-59(72-53)84-32-61-18-5-23-78(61)24-6-19-61/h1-3,8-9,11-16,28-29,36,45,58,70,82H,4-7,10,17-27,30-34H2,(H2,67,81)(H,71,80)/t36-,45?,58?,62?/m0/s1. The second kappa shape index (κ2) is 22.1. The van der Waals surface area contributed by atoms with Gasteiger partial charge >= 0.3 is 12.0 Å². The summed E-state index contributed by atoms with van der Waals surface area (Å²) in [6, 6.07) is 17.8. The molecule has 6 saturated heterocycles. The molecule has 6 aliphatic rings. The zero-order valence-electron chi connectivity index (χ0n) is 46.6. The van der Waals surface area contributed by atoms with Gasteiger partial charge in [-0.1, -0.05) is 54.6 Å². The number of benzene rings is 4. The molecule has 0 radical (unpaired) electrons. The van der Waals surface area contributed by atoms with E-state index in [9.17, 15) is 14.7 Å². The number of hydrogen-bond acceptors (Lipinski definition) is 17. The first-order valence-corrected chi connectivity index (χ1v) is 29.3. The summed E-state index contributed by atoms with van der Waals surface area (Å²) in [7, 11) is 0. The number of aliphatic hydroxyl groups is 1. The number of primary amides is 1. The van der Waals surface area contributed by atoms with Gasteiger partial charge in [0.1, 0.15) is 58.9 Å². The second-order valence-corrected chi connectivity index (χ2v) is 23.4. The Hall–Kier alpha value is -7.96. The number of pyridine rings is 2. The monoisotopic (exact) mass is 1160 g/mol. The van der Waals surface area contributed by atoms with Crippen LogP contribution in [-0.2, 0) is 14.3 Å². The van der Waals surface area contributed by atoms with Crippen LogP contribution in [0.3, 0.4) is 0 Å². The zero-order chi connectivity index (χ0) is 58.1. The van der Waals surface area contributed by atoms with Crippen molar-refractivity contribution in [2.45, 2.75) is 87.7 Å². The number of anilines is 2. The summed E-state index contributed by atoms with van der Waals surface area (Å²) in [5.41, 5.74) is 5.97. The molecule has 6 aliphatic heterocycles. The van der Waals surface area contributed by atoms with Crippen molar-refractivity contribution in [3.63, 3.8) is 0 Å². The molecule has 4 aromatic carbocycles. The highest BCUT2D eigenvalue weighted by Crippen LogP contribution is 2.51.